The summed E-state index contributed by atoms with van der Waals surface area (Å²) in [4.78, 5) is 4.89. The van der Waals surface area contributed by atoms with Crippen molar-refractivity contribution in [2.24, 2.45) is 0 Å². The number of nitrogens with zero attached hydrogens (tertiary/aromatic N) is 1. The monoisotopic (exact) mass is 743 g/mol. The third kappa shape index (κ3) is 5.92. The molecule has 6 aromatic carbocycles. The van der Waals surface area contributed by atoms with Crippen molar-refractivity contribution in [1.29, 1.82) is 0 Å². The molecule has 0 saturated carbocycles. The van der Waals surface area contributed by atoms with Gasteiger partial charge in [-0.05, 0) is 68.2 Å². The van der Waals surface area contributed by atoms with Crippen LogP contribution in [0.3, 0.4) is 0 Å². The van der Waals surface area contributed by atoms with E-state index in [1.807, 2.05) is 18.2 Å². The Morgan fingerprint density at radius 3 is 1.73 bits per heavy atom. The van der Waals surface area contributed by atoms with E-state index in [1.54, 1.807) is 0 Å². The van der Waals surface area contributed by atoms with Gasteiger partial charge in [-0.3, -0.25) is 4.98 Å². The van der Waals surface area contributed by atoms with E-state index in [9.17, 15) is 0 Å². The molecule has 0 aliphatic heterocycles. The zero-order chi connectivity index (χ0) is 29.2. The molecule has 44 heavy (non-hydrogen) atoms. The van der Waals surface area contributed by atoms with Gasteiger partial charge in [0.25, 0.3) is 0 Å². The van der Waals surface area contributed by atoms with Crippen LogP contribution in [0.2, 0.25) is 0 Å². The summed E-state index contributed by atoms with van der Waals surface area (Å²) in [6.07, 6.45) is 0. The Bertz CT molecular complexity index is 2040. The topological polar surface area (TPSA) is 12.9 Å². The zero-order valence-electron chi connectivity index (χ0n) is 24.8. The van der Waals surface area contributed by atoms with Crippen LogP contribution in [0.25, 0.3) is 55.5 Å². The average molecular weight is 743 g/mol. The molecule has 1 nitrogen and oxygen atoms in total. The van der Waals surface area contributed by atoms with Crippen molar-refractivity contribution in [2.45, 2.75) is 19.3 Å². The van der Waals surface area contributed by atoms with Crippen molar-refractivity contribution in [3.8, 4) is 44.6 Å². The van der Waals surface area contributed by atoms with Gasteiger partial charge >= 0.3 is 0 Å². The summed E-state index contributed by atoms with van der Waals surface area (Å²) in [5, 5.41) is 1.14. The predicted octanol–water partition coefficient (Wildman–Crippen LogP) is 11.0. The van der Waals surface area contributed by atoms with E-state index in [2.05, 4.69) is 159 Å². The van der Waals surface area contributed by atoms with Crippen LogP contribution in [0.15, 0.2) is 158 Å². The van der Waals surface area contributed by atoms with E-state index in [1.165, 1.54) is 38.9 Å². The van der Waals surface area contributed by atoms with Gasteiger partial charge in [-0.25, -0.2) is 0 Å². The maximum atomic E-state index is 4.89. The normalized spacial score (nSPS) is 11.2. The fourth-order valence-corrected chi connectivity index (χ4v) is 5.87. The van der Waals surface area contributed by atoms with E-state index >= 15 is 0 Å². The van der Waals surface area contributed by atoms with Crippen molar-refractivity contribution < 1.29 is 20.1 Å². The molecule has 0 amide bonds. The van der Waals surface area contributed by atoms with Gasteiger partial charge in [0.1, 0.15) is 0 Å². The smallest absolute Gasteiger partial charge is 0.0595 e. The summed E-state index contributed by atoms with van der Waals surface area (Å²) in [5.74, 6) is 0. The molecule has 0 atom stereocenters. The van der Waals surface area contributed by atoms with Crippen molar-refractivity contribution >= 4 is 10.9 Å². The van der Waals surface area contributed by atoms with E-state index < -0.39 is 0 Å². The molecule has 1 aromatic heterocycles. The molecule has 0 spiro atoms. The van der Waals surface area contributed by atoms with Crippen LogP contribution < -0.4 is 0 Å². The van der Waals surface area contributed by atoms with Crippen molar-refractivity contribution in [2.75, 3.05) is 0 Å². The molecule has 0 aliphatic carbocycles. The SMILES string of the molecule is CC(C)(c1ccccc1)c1ccc(-c2cccc(-c3cccc(-c4cc[c-]c(-c5ccc6ccccc6n5)c4)c3)c2)cc1.[Ir]. The molecule has 1 radical (unpaired) electrons. The van der Waals surface area contributed by atoms with Gasteiger partial charge in [0.05, 0.1) is 5.52 Å². The number of pyridine rings is 1. The number of hydrogen-bond donors (Lipinski definition) is 0. The van der Waals surface area contributed by atoms with E-state index in [0.717, 1.165) is 27.7 Å². The molecule has 0 bridgehead atoms. The number of benzene rings is 6. The van der Waals surface area contributed by atoms with Gasteiger partial charge in [-0.1, -0.05) is 135 Å². The van der Waals surface area contributed by atoms with Crippen molar-refractivity contribution in [3.05, 3.63) is 175 Å². The zero-order valence-corrected chi connectivity index (χ0v) is 27.2. The first-order chi connectivity index (χ1) is 21.0. The van der Waals surface area contributed by atoms with Crippen molar-refractivity contribution in [3.63, 3.8) is 0 Å². The molecule has 0 N–H and O–H groups in total. The molecule has 0 unspecified atom stereocenters. The molecule has 1 heterocycles. The molecule has 2 heteroatoms. The minimum Gasteiger partial charge on any atom is -0.296 e. The number of rotatable bonds is 6. The summed E-state index contributed by atoms with van der Waals surface area (Å²) in [5.41, 5.74) is 12.7. The molecule has 0 saturated heterocycles. The summed E-state index contributed by atoms with van der Waals surface area (Å²) >= 11 is 0. The summed E-state index contributed by atoms with van der Waals surface area (Å²) < 4.78 is 0. The van der Waals surface area contributed by atoms with Gasteiger partial charge in [0.2, 0.25) is 0 Å². The second-order valence-corrected chi connectivity index (χ2v) is 11.6. The summed E-state index contributed by atoms with van der Waals surface area (Å²) in [6, 6.07) is 59.5. The van der Waals surface area contributed by atoms with Gasteiger partial charge in [-0.2, -0.15) is 0 Å². The minimum atomic E-state index is -0.0541. The first kappa shape index (κ1) is 29.5. The fraction of sp³-hybridized carbons (Fsp3) is 0.0714. The molecule has 0 fully saturated rings. The van der Waals surface area contributed by atoms with Crippen LogP contribution in [0.1, 0.15) is 25.0 Å². The quantitative estimate of drug-likeness (QED) is 0.155. The van der Waals surface area contributed by atoms with E-state index in [4.69, 9.17) is 4.98 Å². The molecular formula is C42H32IrN-. The predicted molar refractivity (Wildman–Crippen MR) is 181 cm³/mol. The van der Waals surface area contributed by atoms with Crippen LogP contribution in [-0.4, -0.2) is 4.98 Å². The molecule has 7 rings (SSSR count). The van der Waals surface area contributed by atoms with Crippen LogP contribution in [0.4, 0.5) is 0 Å². The van der Waals surface area contributed by atoms with Crippen molar-refractivity contribution in [1.82, 2.24) is 4.98 Å². The van der Waals surface area contributed by atoms with E-state index in [-0.39, 0.29) is 25.5 Å². The second-order valence-electron chi connectivity index (χ2n) is 11.6. The number of para-hydroxylation sites is 1. The molecule has 215 valence electrons. The minimum absolute atomic E-state index is 0. The Morgan fingerprint density at radius 2 is 1.05 bits per heavy atom. The summed E-state index contributed by atoms with van der Waals surface area (Å²) in [6.45, 7) is 4.58. The number of hydrogen-bond acceptors (Lipinski definition) is 1. The first-order valence-corrected chi connectivity index (χ1v) is 14.8. The van der Waals surface area contributed by atoms with Gasteiger partial charge in [0.15, 0.2) is 0 Å². The first-order valence-electron chi connectivity index (χ1n) is 14.8. The Kier molecular flexibility index (Phi) is 8.40. The summed E-state index contributed by atoms with van der Waals surface area (Å²) in [7, 11) is 0. The molecular weight excluding hydrogens is 711 g/mol. The Labute approximate surface area is 273 Å². The maximum Gasteiger partial charge on any atom is 0.0595 e. The second kappa shape index (κ2) is 12.5. The number of aromatic nitrogens is 1. The van der Waals surface area contributed by atoms with Crippen LogP contribution in [0.5, 0.6) is 0 Å². The third-order valence-corrected chi connectivity index (χ3v) is 8.50. The third-order valence-electron chi connectivity index (χ3n) is 8.50. The fourth-order valence-electron chi connectivity index (χ4n) is 5.87. The van der Waals surface area contributed by atoms with Crippen LogP contribution >= 0.6 is 0 Å². The number of fused-ring (bicyclic) bond motifs is 1. The standard InChI is InChI=1S/C42H32N.Ir/c1-42(2,38-18-4-3-5-19-38)39-24-21-30(22-25-39)32-12-8-13-33(27-32)34-14-9-15-35(28-34)36-16-10-17-37(29-36)41-26-23-31-11-6-7-20-40(31)43-41;/h3-16,18-29H,1-2H3;/q-1;. The van der Waals surface area contributed by atoms with Gasteiger partial charge < -0.3 is 0 Å². The Hall–Kier alpha value is -4.62. The van der Waals surface area contributed by atoms with E-state index in [0.29, 0.717) is 0 Å². The van der Waals surface area contributed by atoms with Crippen LogP contribution in [0, 0.1) is 6.07 Å². The Morgan fingerprint density at radius 1 is 0.477 bits per heavy atom. The molecule has 0 aliphatic rings. The average Bonchev–Trinajstić information content (AvgIpc) is 3.09. The molecule has 7 aromatic rings. The Balaban J connectivity index is 0.00000343. The van der Waals surface area contributed by atoms with Crippen LogP contribution in [-0.2, 0) is 25.5 Å². The largest absolute Gasteiger partial charge is 0.296 e. The van der Waals surface area contributed by atoms with Gasteiger partial charge in [-0.15, -0.1) is 35.4 Å². The maximum absolute atomic E-state index is 4.89. The van der Waals surface area contributed by atoms with Gasteiger partial charge in [0, 0.05) is 25.5 Å².